The first kappa shape index (κ1) is 19.4. The van der Waals surface area contributed by atoms with E-state index in [2.05, 4.69) is 32.7 Å². The molecule has 0 heterocycles. The molecular weight excluding hydrogens is 290 g/mol. The highest BCUT2D eigenvalue weighted by Crippen LogP contribution is 2.35. The van der Waals surface area contributed by atoms with Gasteiger partial charge in [-0.15, -0.1) is 0 Å². The van der Waals surface area contributed by atoms with Gasteiger partial charge in [0.2, 0.25) is 5.91 Å². The number of nitrogens with zero attached hydrogens (tertiary/aromatic N) is 2. The van der Waals surface area contributed by atoms with Gasteiger partial charge in [-0.25, -0.2) is 0 Å². The van der Waals surface area contributed by atoms with E-state index in [9.17, 15) is 9.59 Å². The molecule has 1 rings (SSSR count). The summed E-state index contributed by atoms with van der Waals surface area (Å²) in [5.41, 5.74) is 7.95. The smallest absolute Gasteiger partial charge is 0.244 e. The van der Waals surface area contributed by atoms with E-state index in [4.69, 9.17) is 5.73 Å². The van der Waals surface area contributed by atoms with Crippen LogP contribution >= 0.6 is 0 Å². The molecule has 5 heteroatoms. The van der Waals surface area contributed by atoms with Crippen LogP contribution in [0.2, 0.25) is 0 Å². The van der Waals surface area contributed by atoms with Crippen LogP contribution in [0.25, 0.3) is 0 Å². The number of allylic oxidation sites excluding steroid dienone is 2. The maximum Gasteiger partial charge on any atom is 0.244 e. The van der Waals surface area contributed by atoms with Gasteiger partial charge in [-0.05, 0) is 31.1 Å². The monoisotopic (exact) mass is 321 g/mol. The highest BCUT2D eigenvalue weighted by Gasteiger charge is 2.33. The molecule has 0 bridgehead atoms. The molecule has 0 aromatic rings. The van der Waals surface area contributed by atoms with Gasteiger partial charge in [0, 0.05) is 31.3 Å². The highest BCUT2D eigenvalue weighted by atomic mass is 16.2. The number of ketones is 1. The normalized spacial score (nSPS) is 24.8. The van der Waals surface area contributed by atoms with E-state index < -0.39 is 0 Å². The fourth-order valence-electron chi connectivity index (χ4n) is 3.04. The Bertz CT molecular complexity index is 502. The van der Waals surface area contributed by atoms with E-state index in [1.54, 1.807) is 0 Å². The lowest BCUT2D eigenvalue weighted by atomic mass is 9.95. The van der Waals surface area contributed by atoms with Gasteiger partial charge < -0.3 is 10.6 Å². The molecule has 0 aliphatic heterocycles. The van der Waals surface area contributed by atoms with E-state index in [1.807, 2.05) is 4.90 Å². The van der Waals surface area contributed by atoms with Gasteiger partial charge in [-0.1, -0.05) is 27.7 Å². The molecule has 0 aromatic carbocycles. The molecule has 2 N–H and O–H groups in total. The number of amides is 1. The minimum atomic E-state index is -0.126. The average Bonchev–Trinajstić information content (AvgIpc) is 2.78. The lowest BCUT2D eigenvalue weighted by molar-refractivity contribution is -0.129. The fraction of sp³-hybridized carbons (Fsp3) is 0.722. The van der Waals surface area contributed by atoms with E-state index in [-0.39, 0.29) is 24.2 Å². The van der Waals surface area contributed by atoms with Gasteiger partial charge in [0.05, 0.1) is 5.70 Å². The maximum absolute atomic E-state index is 12.4. The molecule has 23 heavy (non-hydrogen) atoms. The standard InChI is InChI=1S/C18H31N3O2/c1-6-8-21(9-7-2)16(23)11-20-15-10-12(3)13(4)17(15)18(19)14(5)22/h12-13H,6-11,19H2,1-5H3/b18-17-,20-15?/t12-,13?/m1/s1. The van der Waals surface area contributed by atoms with Crippen LogP contribution < -0.4 is 5.73 Å². The zero-order valence-electron chi connectivity index (χ0n) is 15.2. The first-order chi connectivity index (χ1) is 10.8. The zero-order valence-corrected chi connectivity index (χ0v) is 15.2. The highest BCUT2D eigenvalue weighted by molar-refractivity contribution is 6.10. The number of Topliss-reactive ketones (excluding diaryl/α,β-unsaturated/α-hetero) is 1. The van der Waals surface area contributed by atoms with Crippen LogP contribution in [0.4, 0.5) is 0 Å². The average molecular weight is 321 g/mol. The van der Waals surface area contributed by atoms with E-state index in [0.29, 0.717) is 11.6 Å². The minimum absolute atomic E-state index is 0.0501. The summed E-state index contributed by atoms with van der Waals surface area (Å²) in [7, 11) is 0. The van der Waals surface area contributed by atoms with Crippen molar-refractivity contribution in [2.75, 3.05) is 19.6 Å². The molecular formula is C18H31N3O2. The third-order valence-electron chi connectivity index (χ3n) is 4.55. The van der Waals surface area contributed by atoms with Crippen LogP contribution in [0.1, 0.15) is 53.9 Å². The van der Waals surface area contributed by atoms with Crippen LogP contribution in [0, 0.1) is 11.8 Å². The van der Waals surface area contributed by atoms with Crippen molar-refractivity contribution in [3.8, 4) is 0 Å². The van der Waals surface area contributed by atoms with Gasteiger partial charge in [0.15, 0.2) is 5.78 Å². The Hall–Kier alpha value is -1.65. The third-order valence-corrected chi connectivity index (χ3v) is 4.55. The van der Waals surface area contributed by atoms with Crippen molar-refractivity contribution in [2.24, 2.45) is 22.6 Å². The van der Waals surface area contributed by atoms with Gasteiger partial charge in [-0.2, -0.15) is 0 Å². The second kappa shape index (κ2) is 8.85. The molecule has 1 fully saturated rings. The van der Waals surface area contributed by atoms with Crippen LogP contribution in [-0.2, 0) is 9.59 Å². The third kappa shape index (κ3) is 4.91. The second-order valence-corrected chi connectivity index (χ2v) is 6.50. The van der Waals surface area contributed by atoms with Crippen molar-refractivity contribution in [1.82, 2.24) is 4.90 Å². The Kier molecular flexibility index (Phi) is 7.46. The molecule has 0 radical (unpaired) electrons. The minimum Gasteiger partial charge on any atom is -0.396 e. The topological polar surface area (TPSA) is 75.8 Å². The van der Waals surface area contributed by atoms with Gasteiger partial charge in [-0.3, -0.25) is 14.6 Å². The first-order valence-corrected chi connectivity index (χ1v) is 8.65. The molecule has 1 saturated carbocycles. The molecule has 1 unspecified atom stereocenters. The molecule has 2 atom stereocenters. The predicted molar refractivity (Wildman–Crippen MR) is 94.3 cm³/mol. The molecule has 1 amide bonds. The number of hydrogen-bond donors (Lipinski definition) is 1. The largest absolute Gasteiger partial charge is 0.396 e. The summed E-state index contributed by atoms with van der Waals surface area (Å²) < 4.78 is 0. The van der Waals surface area contributed by atoms with Crippen molar-refractivity contribution in [3.63, 3.8) is 0 Å². The van der Waals surface area contributed by atoms with Gasteiger partial charge >= 0.3 is 0 Å². The molecule has 1 aliphatic rings. The number of nitrogens with two attached hydrogens (primary N) is 1. The number of carbonyl (C=O) groups is 2. The molecule has 0 spiro atoms. The Morgan fingerprint density at radius 3 is 2.26 bits per heavy atom. The summed E-state index contributed by atoms with van der Waals surface area (Å²) in [5, 5.41) is 0. The van der Waals surface area contributed by atoms with E-state index in [1.165, 1.54) is 6.92 Å². The Morgan fingerprint density at radius 2 is 1.78 bits per heavy atom. The lowest BCUT2D eigenvalue weighted by Crippen LogP contribution is -2.34. The number of hydrogen-bond acceptors (Lipinski definition) is 4. The van der Waals surface area contributed by atoms with Crippen LogP contribution in [0.3, 0.4) is 0 Å². The summed E-state index contributed by atoms with van der Waals surface area (Å²) in [4.78, 5) is 30.4. The quantitative estimate of drug-likeness (QED) is 0.732. The van der Waals surface area contributed by atoms with Crippen molar-refractivity contribution in [3.05, 3.63) is 11.3 Å². The summed E-state index contributed by atoms with van der Waals surface area (Å²) in [5.74, 6) is 0.516. The van der Waals surface area contributed by atoms with Crippen molar-refractivity contribution >= 4 is 17.4 Å². The molecule has 5 nitrogen and oxygen atoms in total. The lowest BCUT2D eigenvalue weighted by Gasteiger charge is -2.20. The molecule has 1 aliphatic carbocycles. The number of rotatable bonds is 7. The Labute approximate surface area is 140 Å². The predicted octanol–water partition coefficient (Wildman–Crippen LogP) is 2.55. The fourth-order valence-corrected chi connectivity index (χ4v) is 3.04. The van der Waals surface area contributed by atoms with E-state index in [0.717, 1.165) is 43.6 Å². The molecule has 130 valence electrons. The number of aliphatic imine (C=N–C) groups is 1. The van der Waals surface area contributed by atoms with E-state index >= 15 is 0 Å². The summed E-state index contributed by atoms with van der Waals surface area (Å²) in [6, 6.07) is 0. The van der Waals surface area contributed by atoms with Gasteiger partial charge in [0.1, 0.15) is 6.54 Å². The van der Waals surface area contributed by atoms with Crippen LogP contribution in [0.15, 0.2) is 16.3 Å². The Balaban J connectivity index is 2.95. The second-order valence-electron chi connectivity index (χ2n) is 6.50. The summed E-state index contributed by atoms with van der Waals surface area (Å²) in [6.07, 6.45) is 2.66. The zero-order chi connectivity index (χ0) is 17.6. The van der Waals surface area contributed by atoms with Crippen LogP contribution in [0.5, 0.6) is 0 Å². The first-order valence-electron chi connectivity index (χ1n) is 8.65. The van der Waals surface area contributed by atoms with Gasteiger partial charge in [0.25, 0.3) is 0 Å². The summed E-state index contributed by atoms with van der Waals surface area (Å²) in [6.45, 7) is 11.5. The maximum atomic E-state index is 12.4. The summed E-state index contributed by atoms with van der Waals surface area (Å²) >= 11 is 0. The SMILES string of the molecule is CCCN(CCC)C(=O)CN=C1C[C@@H](C)C(C)/C1=C(/N)C(C)=O. The Morgan fingerprint density at radius 1 is 1.22 bits per heavy atom. The van der Waals surface area contributed by atoms with Crippen molar-refractivity contribution in [2.45, 2.75) is 53.9 Å². The van der Waals surface area contributed by atoms with Crippen LogP contribution in [-0.4, -0.2) is 41.9 Å². The van der Waals surface area contributed by atoms with Crippen molar-refractivity contribution < 1.29 is 9.59 Å². The number of carbonyl (C=O) groups excluding carboxylic acids is 2. The van der Waals surface area contributed by atoms with Crippen molar-refractivity contribution in [1.29, 1.82) is 0 Å². The molecule has 0 saturated heterocycles. The molecule has 0 aromatic heterocycles.